The fourth-order valence-electron chi connectivity index (χ4n) is 3.47. The normalized spacial score (nSPS) is 19.6. The van der Waals surface area contributed by atoms with Crippen LogP contribution in [-0.2, 0) is 16.0 Å². The van der Waals surface area contributed by atoms with Crippen molar-refractivity contribution in [2.75, 3.05) is 13.6 Å². The van der Waals surface area contributed by atoms with Crippen molar-refractivity contribution in [1.82, 2.24) is 4.90 Å². The smallest absolute Gasteiger partial charge is 0.233 e. The minimum absolute atomic E-state index is 0.0433. The highest BCUT2D eigenvalue weighted by molar-refractivity contribution is 6.04. The molecule has 0 unspecified atom stereocenters. The van der Waals surface area contributed by atoms with Crippen LogP contribution in [0, 0.1) is 36.1 Å². The van der Waals surface area contributed by atoms with Crippen molar-refractivity contribution >= 4 is 11.7 Å². The first-order valence-electron chi connectivity index (χ1n) is 8.36. The van der Waals surface area contributed by atoms with Crippen LogP contribution in [0.5, 0.6) is 0 Å². The average Bonchev–Trinajstić information content (AvgIpc) is 2.90. The van der Waals surface area contributed by atoms with E-state index in [0.29, 0.717) is 6.07 Å². The van der Waals surface area contributed by atoms with Gasteiger partial charge in [-0.15, -0.1) is 0 Å². The Morgan fingerprint density at radius 2 is 1.81 bits per heavy atom. The summed E-state index contributed by atoms with van der Waals surface area (Å²) >= 11 is 0. The Labute approximate surface area is 153 Å². The second kappa shape index (κ2) is 7.13. The molecule has 2 aromatic rings. The number of likely N-dealkylation sites (tertiary alicyclic amines) is 1. The molecule has 1 heterocycles. The molecule has 0 radical (unpaired) electrons. The predicted molar refractivity (Wildman–Crippen MR) is 90.0 cm³/mol. The van der Waals surface area contributed by atoms with Crippen LogP contribution in [0.25, 0.3) is 0 Å². The number of carbonyl (C=O) groups excluding carboxylic acids is 2. The average molecular weight is 379 g/mol. The van der Waals surface area contributed by atoms with Gasteiger partial charge in [-0.05, 0) is 30.2 Å². The van der Waals surface area contributed by atoms with Crippen molar-refractivity contribution in [1.29, 1.82) is 0 Å². The number of hydrogen-bond donors (Lipinski definition) is 0. The van der Waals surface area contributed by atoms with E-state index in [1.165, 1.54) is 24.9 Å². The third kappa shape index (κ3) is 3.46. The number of rotatable bonds is 4. The van der Waals surface area contributed by atoms with Crippen LogP contribution in [0.4, 0.5) is 17.6 Å². The number of likely N-dealkylation sites (N-methyl/N-ethyl adjacent to an activating group) is 1. The Kier molecular flexibility index (Phi) is 5.04. The molecule has 0 bridgehead atoms. The van der Waals surface area contributed by atoms with Crippen molar-refractivity contribution < 1.29 is 27.2 Å². The molecule has 0 spiro atoms. The summed E-state index contributed by atoms with van der Waals surface area (Å²) in [6, 6.07) is 5.15. The Morgan fingerprint density at radius 3 is 2.48 bits per heavy atom. The van der Waals surface area contributed by atoms with E-state index in [2.05, 4.69) is 0 Å². The summed E-state index contributed by atoms with van der Waals surface area (Å²) in [7, 11) is 1.48. The molecule has 2 aromatic carbocycles. The summed E-state index contributed by atoms with van der Waals surface area (Å²) in [4.78, 5) is 26.5. The van der Waals surface area contributed by atoms with Gasteiger partial charge >= 0.3 is 0 Å². The molecular formula is C20H17F4NO2. The zero-order chi connectivity index (χ0) is 19.9. The summed E-state index contributed by atoms with van der Waals surface area (Å²) in [6.07, 6.45) is -0.422. The Hall–Kier alpha value is -2.70. The summed E-state index contributed by atoms with van der Waals surface area (Å²) in [5, 5.41) is 0. The number of carbonyl (C=O) groups is 2. The first kappa shape index (κ1) is 19.1. The SMILES string of the molecule is Cc1c(F)ccc([C@H]2CN(C)C(=O)[C@@H]2C(=O)Cc2ccc(F)cc2F)c1F. The lowest BCUT2D eigenvalue weighted by Gasteiger charge is -2.18. The predicted octanol–water partition coefficient (Wildman–Crippen LogP) is 3.54. The van der Waals surface area contributed by atoms with E-state index < -0.39 is 53.2 Å². The van der Waals surface area contributed by atoms with Gasteiger partial charge in [0.2, 0.25) is 5.91 Å². The number of amides is 1. The molecule has 27 heavy (non-hydrogen) atoms. The number of nitrogens with zero attached hydrogens (tertiary/aromatic N) is 1. The van der Waals surface area contributed by atoms with Crippen LogP contribution in [0.3, 0.4) is 0 Å². The molecule has 0 saturated carbocycles. The monoisotopic (exact) mass is 379 g/mol. The van der Waals surface area contributed by atoms with E-state index in [1.54, 1.807) is 0 Å². The second-order valence-corrected chi connectivity index (χ2v) is 6.76. The lowest BCUT2D eigenvalue weighted by molar-refractivity contribution is -0.136. The van der Waals surface area contributed by atoms with Crippen LogP contribution >= 0.6 is 0 Å². The van der Waals surface area contributed by atoms with Crippen molar-refractivity contribution in [2.45, 2.75) is 19.3 Å². The van der Waals surface area contributed by atoms with Crippen LogP contribution in [-0.4, -0.2) is 30.2 Å². The van der Waals surface area contributed by atoms with Crippen LogP contribution in [0.1, 0.15) is 22.6 Å². The fraction of sp³-hybridized carbons (Fsp3) is 0.300. The number of hydrogen-bond acceptors (Lipinski definition) is 2. The highest BCUT2D eigenvalue weighted by Gasteiger charge is 2.45. The van der Waals surface area contributed by atoms with Gasteiger partial charge in [-0.3, -0.25) is 9.59 Å². The molecule has 7 heteroatoms. The minimum atomic E-state index is -1.21. The topological polar surface area (TPSA) is 37.4 Å². The molecule has 2 atom stereocenters. The van der Waals surface area contributed by atoms with E-state index in [-0.39, 0.29) is 23.2 Å². The maximum Gasteiger partial charge on any atom is 0.233 e. The number of halogens is 4. The summed E-state index contributed by atoms with van der Waals surface area (Å²) in [5.41, 5.74) is -0.159. The zero-order valence-electron chi connectivity index (χ0n) is 14.7. The summed E-state index contributed by atoms with van der Waals surface area (Å²) in [6.45, 7) is 1.36. The molecule has 1 amide bonds. The lowest BCUT2D eigenvalue weighted by Crippen LogP contribution is -2.30. The van der Waals surface area contributed by atoms with Gasteiger partial charge in [0, 0.05) is 37.6 Å². The van der Waals surface area contributed by atoms with E-state index in [4.69, 9.17) is 0 Å². The quantitative estimate of drug-likeness (QED) is 0.602. The Balaban J connectivity index is 1.95. The van der Waals surface area contributed by atoms with Crippen molar-refractivity contribution in [3.63, 3.8) is 0 Å². The van der Waals surface area contributed by atoms with Gasteiger partial charge in [0.15, 0.2) is 0 Å². The van der Waals surface area contributed by atoms with Gasteiger partial charge in [0.1, 0.15) is 35.0 Å². The molecule has 0 aliphatic carbocycles. The van der Waals surface area contributed by atoms with E-state index in [9.17, 15) is 27.2 Å². The maximum absolute atomic E-state index is 14.6. The lowest BCUT2D eigenvalue weighted by atomic mass is 9.83. The van der Waals surface area contributed by atoms with Gasteiger partial charge in [-0.1, -0.05) is 12.1 Å². The fourth-order valence-corrected chi connectivity index (χ4v) is 3.47. The highest BCUT2D eigenvalue weighted by Crippen LogP contribution is 2.36. The van der Waals surface area contributed by atoms with Gasteiger partial charge in [-0.2, -0.15) is 0 Å². The molecule has 3 nitrogen and oxygen atoms in total. The number of Topliss-reactive ketones (excluding diaryl/α,β-unsaturated/α-hetero) is 1. The molecule has 1 saturated heterocycles. The van der Waals surface area contributed by atoms with Gasteiger partial charge < -0.3 is 4.90 Å². The zero-order valence-corrected chi connectivity index (χ0v) is 14.7. The minimum Gasteiger partial charge on any atom is -0.344 e. The Morgan fingerprint density at radius 1 is 1.11 bits per heavy atom. The molecule has 3 rings (SSSR count). The highest BCUT2D eigenvalue weighted by atomic mass is 19.1. The van der Waals surface area contributed by atoms with Gasteiger partial charge in [0.05, 0.1) is 0 Å². The maximum atomic E-state index is 14.6. The molecule has 1 aliphatic rings. The first-order chi connectivity index (χ1) is 12.7. The van der Waals surface area contributed by atoms with Crippen molar-refractivity contribution in [3.05, 3.63) is 70.3 Å². The van der Waals surface area contributed by atoms with Gasteiger partial charge in [-0.25, -0.2) is 17.6 Å². The van der Waals surface area contributed by atoms with Crippen LogP contribution in [0.15, 0.2) is 30.3 Å². The van der Waals surface area contributed by atoms with E-state index in [1.807, 2.05) is 0 Å². The second-order valence-electron chi connectivity index (χ2n) is 6.76. The first-order valence-corrected chi connectivity index (χ1v) is 8.36. The summed E-state index contributed by atoms with van der Waals surface area (Å²) < 4.78 is 55.0. The van der Waals surface area contributed by atoms with E-state index >= 15 is 0 Å². The van der Waals surface area contributed by atoms with Crippen molar-refractivity contribution in [2.24, 2.45) is 5.92 Å². The van der Waals surface area contributed by atoms with Gasteiger partial charge in [0.25, 0.3) is 0 Å². The molecule has 0 N–H and O–H groups in total. The van der Waals surface area contributed by atoms with E-state index in [0.717, 1.165) is 18.2 Å². The molecule has 0 aromatic heterocycles. The van der Waals surface area contributed by atoms with Crippen LogP contribution < -0.4 is 0 Å². The molecule has 142 valence electrons. The largest absolute Gasteiger partial charge is 0.344 e. The number of benzene rings is 2. The molecule has 1 fully saturated rings. The third-order valence-corrected chi connectivity index (χ3v) is 4.99. The van der Waals surface area contributed by atoms with Crippen molar-refractivity contribution in [3.8, 4) is 0 Å². The van der Waals surface area contributed by atoms with Crippen LogP contribution in [0.2, 0.25) is 0 Å². The summed E-state index contributed by atoms with van der Waals surface area (Å²) in [5.74, 6) is -6.30. The molecule has 1 aliphatic heterocycles. The molecular weight excluding hydrogens is 362 g/mol. The standard InChI is InChI=1S/C20H17F4NO2/c1-10-15(22)6-5-13(19(10)24)14-9-25(2)20(27)18(14)17(26)7-11-3-4-12(21)8-16(11)23/h3-6,8,14,18H,7,9H2,1-2H3/t14-,18+/m1/s1. The Bertz CT molecular complexity index is 928. The third-order valence-electron chi connectivity index (χ3n) is 4.99. The number of ketones is 1.